The Balaban J connectivity index is 2.60. The zero-order valence-electron chi connectivity index (χ0n) is 9.47. The summed E-state index contributed by atoms with van der Waals surface area (Å²) in [6.45, 7) is 8.24. The lowest BCUT2D eigenvalue weighted by Crippen LogP contribution is -2.61. The fourth-order valence-electron chi connectivity index (χ4n) is 2.45. The number of nitrogens with zero attached hydrogens (tertiary/aromatic N) is 1. The summed E-state index contributed by atoms with van der Waals surface area (Å²) in [6, 6.07) is 0. The second kappa shape index (κ2) is 3.97. The summed E-state index contributed by atoms with van der Waals surface area (Å²) >= 11 is 0. The maximum absolute atomic E-state index is 5.58. The molecule has 1 fully saturated rings. The van der Waals surface area contributed by atoms with Crippen LogP contribution in [0.4, 0.5) is 0 Å². The molecule has 2 N–H and O–H groups in total. The van der Waals surface area contributed by atoms with E-state index < -0.39 is 0 Å². The first-order valence-electron chi connectivity index (χ1n) is 5.57. The van der Waals surface area contributed by atoms with Crippen LogP contribution >= 0.6 is 0 Å². The van der Waals surface area contributed by atoms with E-state index in [9.17, 15) is 0 Å². The Morgan fingerprint density at radius 3 is 2.54 bits per heavy atom. The minimum Gasteiger partial charge on any atom is -0.330 e. The zero-order valence-corrected chi connectivity index (χ0v) is 9.47. The van der Waals surface area contributed by atoms with Crippen LogP contribution in [0.15, 0.2) is 0 Å². The summed E-state index contributed by atoms with van der Waals surface area (Å²) in [5.41, 5.74) is 6.05. The highest BCUT2D eigenvalue weighted by atomic mass is 15.4. The number of hydrogen-bond acceptors (Lipinski definition) is 1. The highest BCUT2D eigenvalue weighted by Gasteiger charge is 2.41. The topological polar surface area (TPSA) is 26.0 Å². The average Bonchev–Trinajstić information content (AvgIpc) is 2.07. The fourth-order valence-corrected chi connectivity index (χ4v) is 2.45. The number of rotatable bonds is 3. The van der Waals surface area contributed by atoms with Gasteiger partial charge in [0.25, 0.3) is 0 Å². The highest BCUT2D eigenvalue weighted by molar-refractivity contribution is 4.74. The lowest BCUT2D eigenvalue weighted by atomic mass is 9.87. The number of likely N-dealkylation sites (tertiary alicyclic amines) is 1. The molecule has 0 bridgehead atoms. The van der Waals surface area contributed by atoms with Crippen LogP contribution in [0.5, 0.6) is 0 Å². The van der Waals surface area contributed by atoms with Gasteiger partial charge in [-0.3, -0.25) is 0 Å². The lowest BCUT2D eigenvalue weighted by molar-refractivity contribution is -0.960. The molecule has 13 heavy (non-hydrogen) atoms. The maximum atomic E-state index is 5.58. The molecule has 0 aromatic heterocycles. The standard InChI is InChI=1S/C11H25N2/c1-11(2)7-4-5-9-13(11,3)10-6-8-12/h4-10,12H2,1-3H3/q+1/t13-/m0/s1. The van der Waals surface area contributed by atoms with Gasteiger partial charge in [-0.25, -0.2) is 0 Å². The Kier molecular flexibility index (Phi) is 3.36. The van der Waals surface area contributed by atoms with Gasteiger partial charge in [-0.2, -0.15) is 0 Å². The Labute approximate surface area is 82.7 Å². The Bertz CT molecular complexity index is 165. The van der Waals surface area contributed by atoms with Gasteiger partial charge in [-0.05, 0) is 33.2 Å². The molecule has 78 valence electrons. The quantitative estimate of drug-likeness (QED) is 0.666. The summed E-state index contributed by atoms with van der Waals surface area (Å²) in [5, 5.41) is 0. The third kappa shape index (κ3) is 2.23. The van der Waals surface area contributed by atoms with E-state index in [0.717, 1.165) is 6.54 Å². The van der Waals surface area contributed by atoms with Crippen molar-refractivity contribution in [1.82, 2.24) is 0 Å². The molecule has 2 nitrogen and oxygen atoms in total. The van der Waals surface area contributed by atoms with E-state index in [1.54, 1.807) is 0 Å². The number of nitrogens with two attached hydrogens (primary N) is 1. The highest BCUT2D eigenvalue weighted by Crippen LogP contribution is 2.33. The molecular formula is C11H25N2+. The van der Waals surface area contributed by atoms with Gasteiger partial charge in [0.15, 0.2) is 0 Å². The lowest BCUT2D eigenvalue weighted by Gasteiger charge is -2.51. The molecule has 1 atom stereocenters. The van der Waals surface area contributed by atoms with E-state index in [2.05, 4.69) is 20.9 Å². The van der Waals surface area contributed by atoms with Crippen LogP contribution in [0.1, 0.15) is 39.5 Å². The molecule has 1 saturated heterocycles. The van der Waals surface area contributed by atoms with E-state index in [4.69, 9.17) is 5.73 Å². The minimum absolute atomic E-state index is 0.466. The maximum Gasteiger partial charge on any atom is 0.0933 e. The monoisotopic (exact) mass is 185 g/mol. The number of piperidine rings is 1. The summed E-state index contributed by atoms with van der Waals surface area (Å²) in [5.74, 6) is 0. The molecule has 0 spiro atoms. The van der Waals surface area contributed by atoms with Crippen molar-refractivity contribution in [2.75, 3.05) is 26.7 Å². The van der Waals surface area contributed by atoms with Gasteiger partial charge in [-0.1, -0.05) is 0 Å². The second-order valence-electron chi connectivity index (χ2n) is 5.25. The normalized spacial score (nSPS) is 33.2. The van der Waals surface area contributed by atoms with Gasteiger partial charge in [0.1, 0.15) is 0 Å². The molecular weight excluding hydrogens is 160 g/mol. The molecule has 0 aromatic rings. The molecule has 0 amide bonds. The Hall–Kier alpha value is -0.0800. The minimum atomic E-state index is 0.466. The van der Waals surface area contributed by atoms with Crippen LogP contribution in [0.3, 0.4) is 0 Å². The van der Waals surface area contributed by atoms with Gasteiger partial charge in [0, 0.05) is 12.8 Å². The molecule has 0 unspecified atom stereocenters. The molecule has 1 rings (SSSR count). The van der Waals surface area contributed by atoms with E-state index in [0.29, 0.717) is 5.54 Å². The van der Waals surface area contributed by atoms with Crippen molar-refractivity contribution in [1.29, 1.82) is 0 Å². The van der Waals surface area contributed by atoms with Crippen molar-refractivity contribution in [2.45, 2.75) is 45.1 Å². The molecule has 1 aliphatic heterocycles. The van der Waals surface area contributed by atoms with Crippen LogP contribution in [-0.4, -0.2) is 36.7 Å². The van der Waals surface area contributed by atoms with Gasteiger partial charge < -0.3 is 10.2 Å². The molecule has 1 aliphatic rings. The zero-order chi connectivity index (χ0) is 9.95. The fraction of sp³-hybridized carbons (Fsp3) is 1.00. The van der Waals surface area contributed by atoms with Gasteiger partial charge >= 0.3 is 0 Å². The molecule has 1 heterocycles. The van der Waals surface area contributed by atoms with Gasteiger partial charge in [-0.15, -0.1) is 0 Å². The van der Waals surface area contributed by atoms with E-state index in [1.165, 1.54) is 43.3 Å². The molecule has 0 aromatic carbocycles. The first-order chi connectivity index (χ1) is 6.02. The molecule has 0 saturated carbocycles. The Morgan fingerprint density at radius 2 is 2.00 bits per heavy atom. The third-order valence-electron chi connectivity index (χ3n) is 4.01. The van der Waals surface area contributed by atoms with Crippen LogP contribution in [0.2, 0.25) is 0 Å². The van der Waals surface area contributed by atoms with Gasteiger partial charge in [0.05, 0.1) is 25.7 Å². The number of quaternary nitrogens is 1. The molecule has 0 radical (unpaired) electrons. The summed E-state index contributed by atoms with van der Waals surface area (Å²) in [6.07, 6.45) is 5.34. The second-order valence-corrected chi connectivity index (χ2v) is 5.25. The van der Waals surface area contributed by atoms with Crippen molar-refractivity contribution >= 4 is 0 Å². The van der Waals surface area contributed by atoms with Crippen LogP contribution in [0.25, 0.3) is 0 Å². The van der Waals surface area contributed by atoms with Crippen LogP contribution in [0, 0.1) is 0 Å². The summed E-state index contributed by atoms with van der Waals surface area (Å²) < 4.78 is 1.23. The Morgan fingerprint density at radius 1 is 1.31 bits per heavy atom. The first kappa shape index (κ1) is 11.0. The summed E-state index contributed by atoms with van der Waals surface area (Å²) in [7, 11) is 2.40. The van der Waals surface area contributed by atoms with Crippen molar-refractivity contribution in [3.8, 4) is 0 Å². The predicted octanol–water partition coefficient (Wildman–Crippen LogP) is 1.74. The van der Waals surface area contributed by atoms with Crippen molar-refractivity contribution in [2.24, 2.45) is 5.73 Å². The third-order valence-corrected chi connectivity index (χ3v) is 4.01. The van der Waals surface area contributed by atoms with E-state index in [1.807, 2.05) is 0 Å². The first-order valence-corrected chi connectivity index (χ1v) is 5.57. The van der Waals surface area contributed by atoms with Crippen LogP contribution < -0.4 is 5.73 Å². The van der Waals surface area contributed by atoms with Crippen LogP contribution in [-0.2, 0) is 0 Å². The van der Waals surface area contributed by atoms with Crippen molar-refractivity contribution in [3.63, 3.8) is 0 Å². The molecule has 2 heteroatoms. The smallest absolute Gasteiger partial charge is 0.0933 e. The van der Waals surface area contributed by atoms with Gasteiger partial charge in [0.2, 0.25) is 0 Å². The van der Waals surface area contributed by atoms with Crippen molar-refractivity contribution in [3.05, 3.63) is 0 Å². The van der Waals surface area contributed by atoms with Crippen molar-refractivity contribution < 1.29 is 4.48 Å². The van der Waals surface area contributed by atoms with E-state index in [-0.39, 0.29) is 0 Å². The average molecular weight is 185 g/mol. The number of hydrogen-bond donors (Lipinski definition) is 1. The largest absolute Gasteiger partial charge is 0.330 e. The van der Waals surface area contributed by atoms with E-state index >= 15 is 0 Å². The molecule has 0 aliphatic carbocycles. The SMILES string of the molecule is CC1(C)CCCC[N@@+]1(C)CCCN. The predicted molar refractivity (Wildman–Crippen MR) is 57.5 cm³/mol. The summed E-state index contributed by atoms with van der Waals surface area (Å²) in [4.78, 5) is 0.